The lowest BCUT2D eigenvalue weighted by atomic mass is 9.96. The van der Waals surface area contributed by atoms with Crippen LogP contribution in [0.1, 0.15) is 39.4 Å². The van der Waals surface area contributed by atoms with Crippen molar-refractivity contribution in [1.82, 2.24) is 9.97 Å². The molecule has 0 bridgehead atoms. The Balaban J connectivity index is 2.06. The fraction of sp³-hybridized carbons (Fsp3) is 0.750. The largest absolute Gasteiger partial charge is 0.475 e. The number of hydrogen-bond acceptors (Lipinski definition) is 6. The molecule has 1 atom stereocenters. The maximum absolute atomic E-state index is 5.65. The van der Waals surface area contributed by atoms with Gasteiger partial charge in [-0.15, -0.1) is 0 Å². The molecular weight excluding hydrogens is 282 g/mol. The Kier molecular flexibility index (Phi) is 5.97. The van der Waals surface area contributed by atoms with Gasteiger partial charge in [0.2, 0.25) is 5.88 Å². The summed E-state index contributed by atoms with van der Waals surface area (Å²) in [6, 6.07) is 1.83. The van der Waals surface area contributed by atoms with E-state index in [1.807, 2.05) is 6.07 Å². The lowest BCUT2D eigenvalue weighted by Crippen LogP contribution is -2.22. The summed E-state index contributed by atoms with van der Waals surface area (Å²) in [7, 11) is 1.65. The van der Waals surface area contributed by atoms with Gasteiger partial charge in [-0.25, -0.2) is 4.98 Å². The second-order valence-electron chi connectivity index (χ2n) is 6.52. The van der Waals surface area contributed by atoms with Crippen molar-refractivity contribution >= 4 is 5.82 Å². The normalized spacial score (nSPS) is 18.5. The van der Waals surface area contributed by atoms with E-state index in [0.29, 0.717) is 19.1 Å². The van der Waals surface area contributed by atoms with Crippen molar-refractivity contribution in [2.45, 2.75) is 45.1 Å². The first-order valence-electron chi connectivity index (χ1n) is 7.86. The zero-order chi connectivity index (χ0) is 16.0. The molecule has 2 heterocycles. The second kappa shape index (κ2) is 7.74. The molecule has 0 amide bonds. The molecule has 6 heteroatoms. The van der Waals surface area contributed by atoms with Gasteiger partial charge in [0.05, 0.1) is 12.7 Å². The van der Waals surface area contributed by atoms with Crippen LogP contribution in [0, 0.1) is 0 Å². The topological polar surface area (TPSA) is 65.5 Å². The number of rotatable bonds is 7. The first-order valence-corrected chi connectivity index (χ1v) is 7.86. The highest BCUT2D eigenvalue weighted by molar-refractivity contribution is 5.39. The van der Waals surface area contributed by atoms with Gasteiger partial charge in [-0.1, -0.05) is 20.8 Å². The fourth-order valence-corrected chi connectivity index (χ4v) is 2.18. The van der Waals surface area contributed by atoms with E-state index in [4.69, 9.17) is 14.2 Å². The molecule has 0 spiro atoms. The van der Waals surface area contributed by atoms with Crippen LogP contribution in [0.15, 0.2) is 6.07 Å². The van der Waals surface area contributed by atoms with E-state index in [-0.39, 0.29) is 11.5 Å². The van der Waals surface area contributed by atoms with E-state index in [2.05, 4.69) is 36.1 Å². The number of hydrogen-bond donors (Lipinski definition) is 1. The average molecular weight is 309 g/mol. The van der Waals surface area contributed by atoms with Gasteiger partial charge >= 0.3 is 0 Å². The third-order valence-electron chi connectivity index (χ3n) is 3.45. The van der Waals surface area contributed by atoms with Gasteiger partial charge in [-0.2, -0.15) is 4.98 Å². The smallest absolute Gasteiger partial charge is 0.218 e. The maximum atomic E-state index is 5.65. The van der Waals surface area contributed by atoms with E-state index < -0.39 is 0 Å². The summed E-state index contributed by atoms with van der Waals surface area (Å²) in [5.74, 6) is 2.12. The number of methoxy groups -OCH3 is 1. The molecular formula is C16H27N3O3. The molecule has 0 radical (unpaired) electrons. The first-order chi connectivity index (χ1) is 10.5. The maximum Gasteiger partial charge on any atom is 0.218 e. The summed E-state index contributed by atoms with van der Waals surface area (Å²) in [4.78, 5) is 9.10. The highest BCUT2D eigenvalue weighted by Crippen LogP contribution is 2.23. The van der Waals surface area contributed by atoms with E-state index in [1.165, 1.54) is 0 Å². The van der Waals surface area contributed by atoms with Crippen molar-refractivity contribution in [3.8, 4) is 5.88 Å². The summed E-state index contributed by atoms with van der Waals surface area (Å²) >= 11 is 0. The molecule has 1 fully saturated rings. The Morgan fingerprint density at radius 2 is 2.14 bits per heavy atom. The predicted octanol–water partition coefficient (Wildman–Crippen LogP) is 2.39. The van der Waals surface area contributed by atoms with Crippen LogP contribution in [-0.2, 0) is 14.9 Å². The first kappa shape index (κ1) is 17.0. The molecule has 0 saturated carbocycles. The Labute approximate surface area is 132 Å². The van der Waals surface area contributed by atoms with E-state index in [0.717, 1.165) is 37.6 Å². The van der Waals surface area contributed by atoms with Crippen LogP contribution in [0.4, 0.5) is 5.82 Å². The molecule has 2 rings (SSSR count). The second-order valence-corrected chi connectivity index (χ2v) is 6.52. The fourth-order valence-electron chi connectivity index (χ4n) is 2.18. The molecule has 0 aromatic carbocycles. The molecule has 1 unspecified atom stereocenters. The average Bonchev–Trinajstić information content (AvgIpc) is 2.98. The molecule has 1 aromatic rings. The molecule has 1 aliphatic rings. The number of ether oxygens (including phenoxy) is 3. The molecule has 22 heavy (non-hydrogen) atoms. The minimum atomic E-state index is -0.138. The van der Waals surface area contributed by atoms with Gasteiger partial charge in [-0.05, 0) is 12.8 Å². The zero-order valence-corrected chi connectivity index (χ0v) is 14.0. The van der Waals surface area contributed by atoms with Crippen LogP contribution in [0.5, 0.6) is 5.88 Å². The number of nitrogens with zero attached hydrogens (tertiary/aromatic N) is 2. The summed E-state index contributed by atoms with van der Waals surface area (Å²) in [5.41, 5.74) is -0.138. The molecule has 1 aromatic heterocycles. The van der Waals surface area contributed by atoms with Crippen LogP contribution in [0.25, 0.3) is 0 Å². The van der Waals surface area contributed by atoms with Crippen LogP contribution < -0.4 is 10.1 Å². The molecule has 124 valence electrons. The molecule has 0 aliphatic carbocycles. The van der Waals surface area contributed by atoms with Gasteiger partial charge < -0.3 is 19.5 Å². The SMILES string of the molecule is COCCOc1cc(NCC2CCCO2)nc(C(C)(C)C)n1. The lowest BCUT2D eigenvalue weighted by molar-refractivity contribution is 0.120. The number of anilines is 1. The minimum Gasteiger partial charge on any atom is -0.475 e. The zero-order valence-electron chi connectivity index (χ0n) is 14.0. The van der Waals surface area contributed by atoms with Crippen molar-refractivity contribution in [3.05, 3.63) is 11.9 Å². The highest BCUT2D eigenvalue weighted by Gasteiger charge is 2.20. The van der Waals surface area contributed by atoms with Gasteiger partial charge in [0.25, 0.3) is 0 Å². The Hall–Kier alpha value is -1.40. The van der Waals surface area contributed by atoms with E-state index in [9.17, 15) is 0 Å². The molecule has 1 saturated heterocycles. The van der Waals surface area contributed by atoms with Crippen LogP contribution in [0.3, 0.4) is 0 Å². The van der Waals surface area contributed by atoms with Crippen LogP contribution in [-0.4, -0.2) is 49.5 Å². The summed E-state index contributed by atoms with van der Waals surface area (Å²) in [6.45, 7) is 8.89. The Morgan fingerprint density at radius 3 is 2.77 bits per heavy atom. The lowest BCUT2D eigenvalue weighted by Gasteiger charge is -2.19. The van der Waals surface area contributed by atoms with Gasteiger partial charge in [-0.3, -0.25) is 0 Å². The summed E-state index contributed by atoms with van der Waals surface area (Å²) in [5, 5.41) is 3.34. The quantitative estimate of drug-likeness (QED) is 0.780. The van der Waals surface area contributed by atoms with Crippen molar-refractivity contribution in [2.75, 3.05) is 38.8 Å². The van der Waals surface area contributed by atoms with Gasteiger partial charge in [0.1, 0.15) is 18.2 Å². The number of aromatic nitrogens is 2. The molecule has 6 nitrogen and oxygen atoms in total. The van der Waals surface area contributed by atoms with Gasteiger partial charge in [0.15, 0.2) is 0 Å². The summed E-state index contributed by atoms with van der Waals surface area (Å²) < 4.78 is 16.3. The highest BCUT2D eigenvalue weighted by atomic mass is 16.5. The van der Waals surface area contributed by atoms with Crippen molar-refractivity contribution in [2.24, 2.45) is 0 Å². The van der Waals surface area contributed by atoms with E-state index in [1.54, 1.807) is 7.11 Å². The third-order valence-corrected chi connectivity index (χ3v) is 3.45. The Morgan fingerprint density at radius 1 is 1.32 bits per heavy atom. The van der Waals surface area contributed by atoms with E-state index >= 15 is 0 Å². The summed E-state index contributed by atoms with van der Waals surface area (Å²) in [6.07, 6.45) is 2.50. The monoisotopic (exact) mass is 309 g/mol. The molecule has 1 aliphatic heterocycles. The molecule has 1 N–H and O–H groups in total. The van der Waals surface area contributed by atoms with Crippen LogP contribution >= 0.6 is 0 Å². The van der Waals surface area contributed by atoms with Crippen LogP contribution in [0.2, 0.25) is 0 Å². The van der Waals surface area contributed by atoms with Crippen molar-refractivity contribution in [1.29, 1.82) is 0 Å². The predicted molar refractivity (Wildman–Crippen MR) is 85.6 cm³/mol. The van der Waals surface area contributed by atoms with Crippen molar-refractivity contribution in [3.63, 3.8) is 0 Å². The van der Waals surface area contributed by atoms with Crippen molar-refractivity contribution < 1.29 is 14.2 Å². The third kappa shape index (κ3) is 5.10. The minimum absolute atomic E-state index is 0.138. The standard InChI is InChI=1S/C16H27N3O3/c1-16(2,3)15-18-13(17-11-12-6-5-7-21-12)10-14(19-15)22-9-8-20-4/h10,12H,5-9,11H2,1-4H3,(H,17,18,19). The Bertz CT molecular complexity index is 468. The van der Waals surface area contributed by atoms with Gasteiger partial charge in [0, 0.05) is 31.7 Å². The number of nitrogens with one attached hydrogen (secondary N) is 1.